The highest BCUT2D eigenvalue weighted by Crippen LogP contribution is 2.34. The molecule has 138 valence electrons. The number of carbonyl (C=O) groups excluding carboxylic acids is 1. The van der Waals surface area contributed by atoms with Crippen LogP contribution >= 0.6 is 11.8 Å². The zero-order valence-electron chi connectivity index (χ0n) is 14.6. The van der Waals surface area contributed by atoms with Gasteiger partial charge in [0, 0.05) is 10.6 Å². The third-order valence-electron chi connectivity index (χ3n) is 3.82. The summed E-state index contributed by atoms with van der Waals surface area (Å²) in [5.41, 5.74) is 3.24. The average Bonchev–Trinajstić information content (AvgIpc) is 2.63. The van der Waals surface area contributed by atoms with E-state index in [-0.39, 0.29) is 5.91 Å². The highest BCUT2D eigenvalue weighted by Gasteiger charge is 2.14. The number of alkyl halides is 2. The molecule has 0 fully saturated rings. The number of para-hydroxylation sites is 2. The van der Waals surface area contributed by atoms with E-state index in [2.05, 4.69) is 10.6 Å². The minimum atomic E-state index is -2.52. The smallest absolute Gasteiger partial charge is 0.288 e. The molecule has 1 amide bonds. The lowest BCUT2D eigenvalue weighted by molar-refractivity contribution is 0.102. The van der Waals surface area contributed by atoms with Gasteiger partial charge in [-0.25, -0.2) is 0 Å². The van der Waals surface area contributed by atoms with Crippen LogP contribution in [0.5, 0.6) is 0 Å². The number of hydrogen-bond acceptors (Lipinski definition) is 3. The average molecular weight is 384 g/mol. The monoisotopic (exact) mass is 384 g/mol. The van der Waals surface area contributed by atoms with Crippen LogP contribution in [0.1, 0.15) is 15.9 Å². The molecule has 2 N–H and O–H groups in total. The van der Waals surface area contributed by atoms with Gasteiger partial charge in [-0.05, 0) is 48.9 Å². The van der Waals surface area contributed by atoms with Crippen molar-refractivity contribution in [1.82, 2.24) is 0 Å². The highest BCUT2D eigenvalue weighted by atomic mass is 32.2. The molecule has 3 aromatic carbocycles. The van der Waals surface area contributed by atoms with E-state index in [1.54, 1.807) is 48.5 Å². The Kier molecular flexibility index (Phi) is 6.08. The van der Waals surface area contributed by atoms with Crippen molar-refractivity contribution in [3.05, 3.63) is 83.9 Å². The minimum absolute atomic E-state index is 0.275. The number of anilines is 3. The molecule has 3 aromatic rings. The van der Waals surface area contributed by atoms with E-state index in [9.17, 15) is 13.6 Å². The van der Waals surface area contributed by atoms with Gasteiger partial charge in [0.05, 0.1) is 16.9 Å². The standard InChI is InChI=1S/C21H18F2N2OS/c1-14-7-6-8-15(13-14)24-20(26)16-9-2-3-10-17(16)25-18-11-4-5-12-19(18)27-21(22)23/h2-13,21,25H,1H3,(H,24,26). The summed E-state index contributed by atoms with van der Waals surface area (Å²) in [5.74, 6) is -2.80. The maximum Gasteiger partial charge on any atom is 0.288 e. The Balaban J connectivity index is 1.85. The third kappa shape index (κ3) is 5.08. The Morgan fingerprint density at radius 3 is 2.37 bits per heavy atom. The lowest BCUT2D eigenvalue weighted by Gasteiger charge is -2.15. The van der Waals surface area contributed by atoms with Crippen LogP contribution in [0.2, 0.25) is 0 Å². The van der Waals surface area contributed by atoms with Crippen LogP contribution in [0.3, 0.4) is 0 Å². The summed E-state index contributed by atoms with van der Waals surface area (Å²) in [6.07, 6.45) is 0. The summed E-state index contributed by atoms with van der Waals surface area (Å²) in [4.78, 5) is 13.1. The number of aryl methyl sites for hydroxylation is 1. The molecule has 0 unspecified atom stereocenters. The fourth-order valence-electron chi connectivity index (χ4n) is 2.63. The Morgan fingerprint density at radius 1 is 0.926 bits per heavy atom. The number of thioether (sulfide) groups is 1. The Labute approximate surface area is 160 Å². The molecule has 0 atom stereocenters. The van der Waals surface area contributed by atoms with Crippen LogP contribution in [-0.2, 0) is 0 Å². The number of halogens is 2. The van der Waals surface area contributed by atoms with Gasteiger partial charge in [-0.2, -0.15) is 8.78 Å². The summed E-state index contributed by atoms with van der Waals surface area (Å²) < 4.78 is 25.6. The lowest BCUT2D eigenvalue weighted by atomic mass is 10.1. The molecule has 3 nitrogen and oxygen atoms in total. The van der Waals surface area contributed by atoms with Gasteiger partial charge in [-0.1, -0.05) is 48.2 Å². The van der Waals surface area contributed by atoms with E-state index in [1.165, 1.54) is 0 Å². The molecule has 0 spiro atoms. The molecule has 0 bridgehead atoms. The first kappa shape index (κ1) is 18.9. The van der Waals surface area contributed by atoms with Gasteiger partial charge in [0.2, 0.25) is 0 Å². The first-order valence-electron chi connectivity index (χ1n) is 8.31. The Morgan fingerprint density at radius 2 is 1.63 bits per heavy atom. The largest absolute Gasteiger partial charge is 0.354 e. The Hall–Kier alpha value is -2.86. The number of carbonyl (C=O) groups is 1. The first-order valence-corrected chi connectivity index (χ1v) is 9.19. The number of nitrogens with one attached hydrogen (secondary N) is 2. The van der Waals surface area contributed by atoms with E-state index >= 15 is 0 Å². The van der Waals surface area contributed by atoms with E-state index in [0.717, 1.165) is 5.56 Å². The topological polar surface area (TPSA) is 41.1 Å². The summed E-state index contributed by atoms with van der Waals surface area (Å²) >= 11 is 0.466. The second-order valence-electron chi connectivity index (χ2n) is 5.87. The molecular weight excluding hydrogens is 366 g/mol. The fraction of sp³-hybridized carbons (Fsp3) is 0.0952. The normalized spacial score (nSPS) is 10.7. The maximum atomic E-state index is 12.8. The van der Waals surface area contributed by atoms with Crippen LogP contribution < -0.4 is 10.6 Å². The fourth-order valence-corrected chi connectivity index (χ4v) is 3.22. The summed E-state index contributed by atoms with van der Waals surface area (Å²) in [5, 5.41) is 5.98. The zero-order valence-corrected chi connectivity index (χ0v) is 15.4. The maximum absolute atomic E-state index is 12.8. The molecule has 0 radical (unpaired) electrons. The van der Waals surface area contributed by atoms with Crippen LogP contribution in [0.4, 0.5) is 25.8 Å². The Bertz CT molecular complexity index is 947. The van der Waals surface area contributed by atoms with Gasteiger partial charge in [0.1, 0.15) is 0 Å². The van der Waals surface area contributed by atoms with Gasteiger partial charge >= 0.3 is 0 Å². The predicted molar refractivity (Wildman–Crippen MR) is 107 cm³/mol. The molecule has 0 saturated carbocycles. The SMILES string of the molecule is Cc1cccc(NC(=O)c2ccccc2Nc2ccccc2SC(F)F)c1. The van der Waals surface area contributed by atoms with Crippen molar-refractivity contribution in [1.29, 1.82) is 0 Å². The van der Waals surface area contributed by atoms with Crippen molar-refractivity contribution in [3.63, 3.8) is 0 Å². The third-order valence-corrected chi connectivity index (χ3v) is 4.61. The second kappa shape index (κ2) is 8.68. The molecular formula is C21H18F2N2OS. The highest BCUT2D eigenvalue weighted by molar-refractivity contribution is 7.99. The van der Waals surface area contributed by atoms with Crippen LogP contribution in [0, 0.1) is 6.92 Å². The van der Waals surface area contributed by atoms with Gasteiger partial charge < -0.3 is 10.6 Å². The molecule has 3 rings (SSSR count). The summed E-state index contributed by atoms with van der Waals surface area (Å²) in [6, 6.07) is 21.3. The number of benzene rings is 3. The number of rotatable bonds is 6. The molecule has 0 aliphatic rings. The van der Waals surface area contributed by atoms with Gasteiger partial charge in [-0.15, -0.1) is 0 Å². The van der Waals surface area contributed by atoms with E-state index in [1.807, 2.05) is 31.2 Å². The van der Waals surface area contributed by atoms with Crippen molar-refractivity contribution in [2.75, 3.05) is 10.6 Å². The van der Waals surface area contributed by atoms with Gasteiger partial charge in [0.15, 0.2) is 0 Å². The van der Waals surface area contributed by atoms with E-state index < -0.39 is 5.76 Å². The van der Waals surface area contributed by atoms with Crippen molar-refractivity contribution in [2.24, 2.45) is 0 Å². The molecule has 0 saturated heterocycles. The van der Waals surface area contributed by atoms with Crippen LogP contribution in [0.15, 0.2) is 77.7 Å². The van der Waals surface area contributed by atoms with Gasteiger partial charge in [-0.3, -0.25) is 4.79 Å². The van der Waals surface area contributed by atoms with Crippen molar-refractivity contribution in [3.8, 4) is 0 Å². The van der Waals surface area contributed by atoms with E-state index in [0.29, 0.717) is 39.3 Å². The number of hydrogen-bond donors (Lipinski definition) is 2. The first-order chi connectivity index (χ1) is 13.0. The zero-order chi connectivity index (χ0) is 19.2. The molecule has 0 aromatic heterocycles. The summed E-state index contributed by atoms with van der Waals surface area (Å²) in [7, 11) is 0. The van der Waals surface area contributed by atoms with Crippen LogP contribution in [-0.4, -0.2) is 11.7 Å². The van der Waals surface area contributed by atoms with Crippen molar-refractivity contribution >= 4 is 34.7 Å². The van der Waals surface area contributed by atoms with Crippen LogP contribution in [0.25, 0.3) is 0 Å². The molecule has 6 heteroatoms. The quantitative estimate of drug-likeness (QED) is 0.490. The molecule has 0 heterocycles. The van der Waals surface area contributed by atoms with Crippen molar-refractivity contribution in [2.45, 2.75) is 17.6 Å². The second-order valence-corrected chi connectivity index (χ2v) is 6.90. The lowest BCUT2D eigenvalue weighted by Crippen LogP contribution is -2.14. The molecule has 27 heavy (non-hydrogen) atoms. The minimum Gasteiger partial charge on any atom is -0.354 e. The van der Waals surface area contributed by atoms with E-state index in [4.69, 9.17) is 0 Å². The van der Waals surface area contributed by atoms with Gasteiger partial charge in [0.25, 0.3) is 11.7 Å². The van der Waals surface area contributed by atoms with Crippen molar-refractivity contribution < 1.29 is 13.6 Å². The molecule has 0 aliphatic heterocycles. The number of amides is 1. The molecule has 0 aliphatic carbocycles. The summed E-state index contributed by atoms with van der Waals surface area (Å²) in [6.45, 7) is 1.95. The predicted octanol–water partition coefficient (Wildman–Crippen LogP) is 6.31.